The van der Waals surface area contributed by atoms with Gasteiger partial charge in [-0.3, -0.25) is 4.79 Å². The van der Waals surface area contributed by atoms with Gasteiger partial charge in [-0.1, -0.05) is 57.4 Å². The fraction of sp³-hybridized carbons (Fsp3) is 0.174. The first kappa shape index (κ1) is 23.5. The van der Waals surface area contributed by atoms with E-state index in [1.165, 1.54) is 4.31 Å². The van der Waals surface area contributed by atoms with Crippen LogP contribution < -0.4 is 5.32 Å². The number of nitrogens with zero attached hydrogens (tertiary/aromatic N) is 1. The summed E-state index contributed by atoms with van der Waals surface area (Å²) in [4.78, 5) is 12.9. The van der Waals surface area contributed by atoms with Gasteiger partial charge in [0.15, 0.2) is 0 Å². The number of hydrogen-bond acceptors (Lipinski definition) is 3. The lowest BCUT2D eigenvalue weighted by molar-refractivity contribution is -0.116. The number of aryl methyl sites for hydroxylation is 2. The Kier molecular flexibility index (Phi) is 7.54. The molecule has 0 aliphatic carbocycles. The summed E-state index contributed by atoms with van der Waals surface area (Å²) >= 11 is 9.35. The van der Waals surface area contributed by atoms with Gasteiger partial charge in [0.25, 0.3) is 0 Å². The highest BCUT2D eigenvalue weighted by Gasteiger charge is 2.27. The Labute approximate surface area is 196 Å². The maximum Gasteiger partial charge on any atom is 0.243 e. The van der Waals surface area contributed by atoms with E-state index in [0.29, 0.717) is 10.7 Å². The lowest BCUT2D eigenvalue weighted by atomic mass is 10.2. The maximum absolute atomic E-state index is 13.3. The predicted molar refractivity (Wildman–Crippen MR) is 128 cm³/mol. The number of rotatable bonds is 7. The highest BCUT2D eigenvalue weighted by atomic mass is 79.9. The monoisotopic (exact) mass is 520 g/mol. The maximum atomic E-state index is 13.3. The quantitative estimate of drug-likeness (QED) is 0.443. The van der Waals surface area contributed by atoms with Crippen molar-refractivity contribution in [2.45, 2.75) is 25.3 Å². The smallest absolute Gasteiger partial charge is 0.243 e. The van der Waals surface area contributed by atoms with E-state index in [2.05, 4.69) is 21.2 Å². The van der Waals surface area contributed by atoms with E-state index >= 15 is 0 Å². The molecule has 0 aromatic heterocycles. The van der Waals surface area contributed by atoms with Crippen LogP contribution >= 0.6 is 27.5 Å². The van der Waals surface area contributed by atoms with Crippen molar-refractivity contribution in [1.82, 2.24) is 4.31 Å². The largest absolute Gasteiger partial charge is 0.325 e. The van der Waals surface area contributed by atoms with Crippen LogP contribution in [0.5, 0.6) is 0 Å². The van der Waals surface area contributed by atoms with E-state index in [0.717, 1.165) is 21.2 Å². The molecule has 3 aromatic carbocycles. The second kappa shape index (κ2) is 9.96. The molecule has 0 radical (unpaired) electrons. The number of anilines is 1. The van der Waals surface area contributed by atoms with Gasteiger partial charge in [0.2, 0.25) is 15.9 Å². The van der Waals surface area contributed by atoms with Crippen molar-refractivity contribution >= 4 is 49.1 Å². The minimum absolute atomic E-state index is 0.0660. The summed E-state index contributed by atoms with van der Waals surface area (Å²) in [5, 5.41) is 3.35. The lowest BCUT2D eigenvalue weighted by Gasteiger charge is -2.22. The molecule has 0 bridgehead atoms. The summed E-state index contributed by atoms with van der Waals surface area (Å²) in [6, 6.07) is 19.0. The highest BCUT2D eigenvalue weighted by Crippen LogP contribution is 2.22. The number of benzene rings is 3. The van der Waals surface area contributed by atoms with Gasteiger partial charge in [0.05, 0.1) is 11.4 Å². The number of carbonyl (C=O) groups is 1. The molecule has 0 atom stereocenters. The molecule has 0 spiro atoms. The van der Waals surface area contributed by atoms with Crippen LogP contribution in [0.3, 0.4) is 0 Å². The molecular formula is C23H22BrClN2O3S. The Balaban J connectivity index is 1.88. The third-order valence-electron chi connectivity index (χ3n) is 4.71. The Morgan fingerprint density at radius 2 is 1.65 bits per heavy atom. The molecule has 0 heterocycles. The molecule has 0 saturated carbocycles. The van der Waals surface area contributed by atoms with Gasteiger partial charge in [-0.25, -0.2) is 8.42 Å². The second-order valence-electron chi connectivity index (χ2n) is 7.22. The van der Waals surface area contributed by atoms with Gasteiger partial charge in [0, 0.05) is 21.7 Å². The van der Waals surface area contributed by atoms with Crippen LogP contribution in [0.4, 0.5) is 5.69 Å². The normalized spacial score (nSPS) is 11.5. The number of nitrogens with one attached hydrogen (secondary N) is 1. The topological polar surface area (TPSA) is 66.5 Å². The highest BCUT2D eigenvalue weighted by molar-refractivity contribution is 9.10. The molecule has 1 N–H and O–H groups in total. The molecule has 0 unspecified atom stereocenters. The standard InChI is InChI=1S/C23H22BrClN2O3S/c1-16-3-10-21(11-4-16)31(29,30)27(14-18-5-7-19(24)8-6-18)15-23(28)26-22-12-9-20(25)13-17(22)2/h3-13H,14-15H2,1-2H3,(H,26,28). The van der Waals surface area contributed by atoms with E-state index in [-0.39, 0.29) is 18.0 Å². The molecule has 8 heteroatoms. The van der Waals surface area contributed by atoms with Gasteiger partial charge in [-0.15, -0.1) is 0 Å². The van der Waals surface area contributed by atoms with E-state index in [4.69, 9.17) is 11.6 Å². The van der Waals surface area contributed by atoms with Crippen molar-refractivity contribution in [3.63, 3.8) is 0 Å². The molecule has 0 aliphatic rings. The predicted octanol–water partition coefficient (Wildman–Crippen LogP) is 5.55. The van der Waals surface area contributed by atoms with Crippen molar-refractivity contribution in [3.8, 4) is 0 Å². The zero-order chi connectivity index (χ0) is 22.6. The fourth-order valence-electron chi connectivity index (χ4n) is 3.00. The molecule has 0 fully saturated rings. The molecule has 5 nitrogen and oxygen atoms in total. The van der Waals surface area contributed by atoms with Crippen LogP contribution in [0.15, 0.2) is 76.1 Å². The number of sulfonamides is 1. The zero-order valence-corrected chi connectivity index (χ0v) is 20.3. The third kappa shape index (κ3) is 6.17. The van der Waals surface area contributed by atoms with Crippen LogP contribution in [0.2, 0.25) is 5.02 Å². The first-order chi connectivity index (χ1) is 14.6. The number of carbonyl (C=O) groups excluding carboxylic acids is 1. The zero-order valence-electron chi connectivity index (χ0n) is 17.1. The van der Waals surface area contributed by atoms with Crippen LogP contribution in [-0.4, -0.2) is 25.2 Å². The Bertz CT molecular complexity index is 1180. The number of hydrogen-bond donors (Lipinski definition) is 1. The Morgan fingerprint density at radius 3 is 2.26 bits per heavy atom. The van der Waals surface area contributed by atoms with E-state index in [9.17, 15) is 13.2 Å². The fourth-order valence-corrected chi connectivity index (χ4v) is 4.87. The summed E-state index contributed by atoms with van der Waals surface area (Å²) in [6.45, 7) is 3.45. The summed E-state index contributed by atoms with van der Waals surface area (Å²) in [5.74, 6) is -0.432. The van der Waals surface area contributed by atoms with E-state index in [1.54, 1.807) is 42.5 Å². The molecular weight excluding hydrogens is 500 g/mol. The van der Waals surface area contributed by atoms with E-state index < -0.39 is 15.9 Å². The van der Waals surface area contributed by atoms with Crippen molar-refractivity contribution in [3.05, 3.63) is 92.9 Å². The molecule has 3 aromatic rings. The first-order valence-electron chi connectivity index (χ1n) is 9.52. The minimum atomic E-state index is -3.89. The van der Waals surface area contributed by atoms with Gasteiger partial charge in [-0.2, -0.15) is 4.31 Å². The Morgan fingerprint density at radius 1 is 1.00 bits per heavy atom. The van der Waals surface area contributed by atoms with Crippen LogP contribution in [-0.2, 0) is 21.4 Å². The molecule has 162 valence electrons. The average molecular weight is 522 g/mol. The lowest BCUT2D eigenvalue weighted by Crippen LogP contribution is -2.37. The molecule has 31 heavy (non-hydrogen) atoms. The van der Waals surface area contributed by atoms with Gasteiger partial charge < -0.3 is 5.32 Å². The number of amides is 1. The summed E-state index contributed by atoms with van der Waals surface area (Å²) in [5.41, 5.74) is 3.11. The second-order valence-corrected chi connectivity index (χ2v) is 10.5. The minimum Gasteiger partial charge on any atom is -0.325 e. The summed E-state index contributed by atoms with van der Waals surface area (Å²) < 4.78 is 28.7. The summed E-state index contributed by atoms with van der Waals surface area (Å²) in [7, 11) is -3.89. The number of halogens is 2. The van der Waals surface area contributed by atoms with Crippen molar-refractivity contribution < 1.29 is 13.2 Å². The van der Waals surface area contributed by atoms with Gasteiger partial charge >= 0.3 is 0 Å². The van der Waals surface area contributed by atoms with Crippen molar-refractivity contribution in [2.75, 3.05) is 11.9 Å². The van der Waals surface area contributed by atoms with Crippen LogP contribution in [0.25, 0.3) is 0 Å². The van der Waals surface area contributed by atoms with E-state index in [1.807, 2.05) is 38.1 Å². The molecule has 3 rings (SSSR count). The van der Waals surface area contributed by atoms with Crippen molar-refractivity contribution in [1.29, 1.82) is 0 Å². The summed E-state index contributed by atoms with van der Waals surface area (Å²) in [6.07, 6.45) is 0. The van der Waals surface area contributed by atoms with Gasteiger partial charge in [-0.05, 0) is 67.4 Å². The first-order valence-corrected chi connectivity index (χ1v) is 12.1. The van der Waals surface area contributed by atoms with Gasteiger partial charge in [0.1, 0.15) is 0 Å². The van der Waals surface area contributed by atoms with Crippen molar-refractivity contribution in [2.24, 2.45) is 0 Å². The average Bonchev–Trinajstić information content (AvgIpc) is 2.71. The Hall–Kier alpha value is -2.19. The third-order valence-corrected chi connectivity index (χ3v) is 7.28. The molecule has 1 amide bonds. The molecule has 0 aliphatic heterocycles. The molecule has 0 saturated heterocycles. The van der Waals surface area contributed by atoms with Crippen LogP contribution in [0, 0.1) is 13.8 Å². The SMILES string of the molecule is Cc1ccc(S(=O)(=O)N(CC(=O)Nc2ccc(Cl)cc2C)Cc2ccc(Br)cc2)cc1. The van der Waals surface area contributed by atoms with Crippen LogP contribution in [0.1, 0.15) is 16.7 Å².